The summed E-state index contributed by atoms with van der Waals surface area (Å²) in [6.07, 6.45) is 0.848. The largest absolute Gasteiger partial charge is 0.454 e. The van der Waals surface area contributed by atoms with Gasteiger partial charge >= 0.3 is 0 Å². The Morgan fingerprint density at radius 3 is 2.94 bits per heavy atom. The van der Waals surface area contributed by atoms with Crippen molar-refractivity contribution >= 4 is 0 Å². The topological polar surface area (TPSA) is 34.2 Å². The highest BCUT2D eigenvalue weighted by Crippen LogP contribution is 2.36. The number of nitrogens with one attached hydrogen (secondary N) is 1. The molecule has 1 aromatic carbocycles. The number of hydrogen-bond donors (Lipinski definition) is 1. The second kappa shape index (κ2) is 3.59. The quantitative estimate of drug-likeness (QED) is 0.835. The van der Waals surface area contributed by atoms with E-state index < -0.39 is 0 Å². The summed E-state index contributed by atoms with van der Waals surface area (Å²) < 4.78 is 10.8. The van der Waals surface area contributed by atoms with Crippen LogP contribution >= 0.6 is 0 Å². The minimum absolute atomic E-state index is 0.329. The zero-order valence-corrected chi connectivity index (χ0v) is 9.12. The molecule has 1 aliphatic rings. The lowest BCUT2D eigenvalue weighted by Crippen LogP contribution is -1.95. The fraction of sp³-hybridized carbons (Fsp3) is 0.231. The highest BCUT2D eigenvalue weighted by Gasteiger charge is 2.17. The third-order valence-electron chi connectivity index (χ3n) is 2.75. The number of rotatable bonds is 2. The monoisotopic (exact) mass is 215 g/mol. The number of benzene rings is 1. The lowest BCUT2D eigenvalue weighted by atomic mass is 10.1. The standard InChI is InChI=1S/C13H13NO2/c1-9-5-6-11(14-9)7-10-3-2-4-12-13(10)16-8-15-12/h2-6,14H,7-8H2,1H3. The van der Waals surface area contributed by atoms with Gasteiger partial charge in [0, 0.05) is 23.4 Å². The van der Waals surface area contributed by atoms with E-state index in [0.29, 0.717) is 6.79 Å². The second-order valence-electron chi connectivity index (χ2n) is 3.99. The third kappa shape index (κ3) is 1.54. The number of fused-ring (bicyclic) bond motifs is 1. The van der Waals surface area contributed by atoms with E-state index in [2.05, 4.69) is 30.1 Å². The second-order valence-corrected chi connectivity index (χ2v) is 3.99. The number of H-pyrrole nitrogens is 1. The molecular formula is C13H13NO2. The molecule has 0 spiro atoms. The average Bonchev–Trinajstić information content (AvgIpc) is 2.87. The first-order chi connectivity index (χ1) is 7.83. The van der Waals surface area contributed by atoms with Gasteiger partial charge in [0.2, 0.25) is 6.79 Å². The van der Waals surface area contributed by atoms with E-state index in [9.17, 15) is 0 Å². The number of aromatic amines is 1. The molecule has 0 atom stereocenters. The molecule has 0 aliphatic carbocycles. The SMILES string of the molecule is Cc1ccc(Cc2cccc3c2OCO3)[nH]1. The van der Waals surface area contributed by atoms with Gasteiger partial charge in [-0.3, -0.25) is 0 Å². The van der Waals surface area contributed by atoms with Crippen molar-refractivity contribution < 1.29 is 9.47 Å². The van der Waals surface area contributed by atoms with Crippen LogP contribution in [0.1, 0.15) is 17.0 Å². The van der Waals surface area contributed by atoms with Gasteiger partial charge in [-0.05, 0) is 25.1 Å². The van der Waals surface area contributed by atoms with Gasteiger partial charge in [0.25, 0.3) is 0 Å². The molecule has 3 nitrogen and oxygen atoms in total. The van der Waals surface area contributed by atoms with E-state index in [1.165, 1.54) is 11.4 Å². The van der Waals surface area contributed by atoms with Crippen molar-refractivity contribution in [3.05, 3.63) is 47.3 Å². The Morgan fingerprint density at radius 1 is 1.19 bits per heavy atom. The van der Waals surface area contributed by atoms with Gasteiger partial charge < -0.3 is 14.5 Å². The molecular weight excluding hydrogens is 202 g/mol. The maximum Gasteiger partial charge on any atom is 0.231 e. The molecule has 0 fully saturated rings. The molecule has 2 aromatic rings. The van der Waals surface area contributed by atoms with Crippen LogP contribution in [0.3, 0.4) is 0 Å². The number of hydrogen-bond acceptors (Lipinski definition) is 2. The van der Waals surface area contributed by atoms with Crippen molar-refractivity contribution in [2.45, 2.75) is 13.3 Å². The fourth-order valence-electron chi connectivity index (χ4n) is 2.00. The Hall–Kier alpha value is -1.90. The minimum atomic E-state index is 0.329. The van der Waals surface area contributed by atoms with E-state index in [-0.39, 0.29) is 0 Å². The molecule has 0 radical (unpaired) electrons. The van der Waals surface area contributed by atoms with Gasteiger partial charge in [0.1, 0.15) is 0 Å². The number of para-hydroxylation sites is 1. The molecule has 1 N–H and O–H groups in total. The van der Waals surface area contributed by atoms with Gasteiger partial charge in [-0.25, -0.2) is 0 Å². The minimum Gasteiger partial charge on any atom is -0.454 e. The van der Waals surface area contributed by atoms with Crippen LogP contribution in [0, 0.1) is 6.92 Å². The van der Waals surface area contributed by atoms with Crippen LogP contribution in [0.5, 0.6) is 11.5 Å². The molecule has 3 rings (SSSR count). The predicted octanol–water partition coefficient (Wildman–Crippen LogP) is 2.64. The summed E-state index contributed by atoms with van der Waals surface area (Å²) in [6.45, 7) is 2.38. The van der Waals surface area contributed by atoms with Crippen LogP contribution in [0.15, 0.2) is 30.3 Å². The van der Waals surface area contributed by atoms with Crippen molar-refractivity contribution in [2.75, 3.05) is 6.79 Å². The molecule has 2 heterocycles. The lowest BCUT2D eigenvalue weighted by Gasteiger charge is -2.04. The highest BCUT2D eigenvalue weighted by molar-refractivity contribution is 5.49. The summed E-state index contributed by atoms with van der Waals surface area (Å²) in [6, 6.07) is 10.2. The van der Waals surface area contributed by atoms with Crippen LogP contribution in [0.2, 0.25) is 0 Å². The van der Waals surface area contributed by atoms with Crippen LogP contribution in [-0.2, 0) is 6.42 Å². The Bertz CT molecular complexity index is 516. The number of aromatic nitrogens is 1. The molecule has 16 heavy (non-hydrogen) atoms. The summed E-state index contributed by atoms with van der Waals surface area (Å²) >= 11 is 0. The normalized spacial score (nSPS) is 13.1. The summed E-state index contributed by atoms with van der Waals surface area (Å²) in [5, 5.41) is 0. The van der Waals surface area contributed by atoms with Crippen molar-refractivity contribution in [1.29, 1.82) is 0 Å². The van der Waals surface area contributed by atoms with Crippen molar-refractivity contribution in [3.8, 4) is 11.5 Å². The molecule has 1 aliphatic heterocycles. The summed E-state index contributed by atoms with van der Waals surface area (Å²) in [7, 11) is 0. The zero-order valence-electron chi connectivity index (χ0n) is 9.12. The number of ether oxygens (including phenoxy) is 2. The number of aryl methyl sites for hydroxylation is 1. The summed E-state index contributed by atoms with van der Waals surface area (Å²) in [5.41, 5.74) is 3.54. The molecule has 0 amide bonds. The van der Waals surface area contributed by atoms with E-state index in [1.54, 1.807) is 0 Å². The smallest absolute Gasteiger partial charge is 0.231 e. The molecule has 0 saturated heterocycles. The highest BCUT2D eigenvalue weighted by atomic mass is 16.7. The van der Waals surface area contributed by atoms with Crippen molar-refractivity contribution in [3.63, 3.8) is 0 Å². The Labute approximate surface area is 94.0 Å². The molecule has 0 unspecified atom stereocenters. The van der Waals surface area contributed by atoms with E-state index >= 15 is 0 Å². The van der Waals surface area contributed by atoms with E-state index in [0.717, 1.165) is 23.5 Å². The van der Waals surface area contributed by atoms with Gasteiger partial charge in [-0.1, -0.05) is 12.1 Å². The van der Waals surface area contributed by atoms with Crippen LogP contribution in [0.4, 0.5) is 0 Å². The molecule has 0 bridgehead atoms. The zero-order chi connectivity index (χ0) is 11.0. The Kier molecular flexibility index (Phi) is 2.10. The van der Waals surface area contributed by atoms with Gasteiger partial charge in [-0.2, -0.15) is 0 Å². The van der Waals surface area contributed by atoms with E-state index in [4.69, 9.17) is 9.47 Å². The Morgan fingerprint density at radius 2 is 2.12 bits per heavy atom. The first-order valence-electron chi connectivity index (χ1n) is 5.35. The van der Waals surface area contributed by atoms with Gasteiger partial charge in [-0.15, -0.1) is 0 Å². The van der Waals surface area contributed by atoms with Gasteiger partial charge in [0.05, 0.1) is 0 Å². The first kappa shape index (κ1) is 9.33. The molecule has 3 heteroatoms. The van der Waals surface area contributed by atoms with Crippen LogP contribution in [0.25, 0.3) is 0 Å². The summed E-state index contributed by atoms with van der Waals surface area (Å²) in [4.78, 5) is 3.32. The Balaban J connectivity index is 1.93. The van der Waals surface area contributed by atoms with E-state index in [1.807, 2.05) is 12.1 Å². The van der Waals surface area contributed by atoms with Crippen LogP contribution < -0.4 is 9.47 Å². The fourth-order valence-corrected chi connectivity index (χ4v) is 2.00. The average molecular weight is 215 g/mol. The maximum atomic E-state index is 5.47. The predicted molar refractivity (Wildman–Crippen MR) is 60.9 cm³/mol. The summed E-state index contributed by atoms with van der Waals surface area (Å²) in [5.74, 6) is 1.73. The third-order valence-corrected chi connectivity index (χ3v) is 2.75. The van der Waals surface area contributed by atoms with Crippen LogP contribution in [-0.4, -0.2) is 11.8 Å². The first-order valence-corrected chi connectivity index (χ1v) is 5.35. The van der Waals surface area contributed by atoms with Gasteiger partial charge in [0.15, 0.2) is 11.5 Å². The molecule has 0 saturated carbocycles. The lowest BCUT2D eigenvalue weighted by molar-refractivity contribution is 0.173. The maximum absolute atomic E-state index is 5.47. The van der Waals surface area contributed by atoms with Crippen molar-refractivity contribution in [1.82, 2.24) is 4.98 Å². The molecule has 1 aromatic heterocycles. The molecule has 82 valence electrons. The van der Waals surface area contributed by atoms with Crippen molar-refractivity contribution in [2.24, 2.45) is 0 Å².